The van der Waals surface area contributed by atoms with Crippen LogP contribution in [0.4, 0.5) is 31.8 Å². The zero-order valence-corrected chi connectivity index (χ0v) is 21.7. The van der Waals surface area contributed by atoms with Gasteiger partial charge in [0, 0.05) is 48.9 Å². The SMILES string of the molecule is CC(C)N1CCOc2c(F)cc(-c3nc(Nc4ccc5occ(N6CCN(C)CC6)c5c4)ncc3F)cc21. The highest BCUT2D eigenvalue weighted by Crippen LogP contribution is 2.39. The average Bonchev–Trinajstić information content (AvgIpc) is 3.33. The van der Waals surface area contributed by atoms with Gasteiger partial charge in [0.25, 0.3) is 0 Å². The summed E-state index contributed by atoms with van der Waals surface area (Å²) in [4.78, 5) is 15.2. The van der Waals surface area contributed by atoms with Crippen LogP contribution in [-0.4, -0.2) is 67.3 Å². The van der Waals surface area contributed by atoms with Gasteiger partial charge in [0.2, 0.25) is 5.95 Å². The molecule has 6 rings (SSSR count). The first-order chi connectivity index (χ1) is 18.4. The van der Waals surface area contributed by atoms with Gasteiger partial charge in [0.15, 0.2) is 17.4 Å². The van der Waals surface area contributed by atoms with Crippen molar-refractivity contribution in [1.29, 1.82) is 0 Å². The number of aromatic nitrogens is 2. The number of ether oxygens (including phenoxy) is 1. The normalized spacial score (nSPS) is 16.2. The molecule has 0 atom stereocenters. The maximum absolute atomic E-state index is 15.0. The fraction of sp³-hybridized carbons (Fsp3) is 0.357. The quantitative estimate of drug-likeness (QED) is 0.382. The molecule has 2 aromatic carbocycles. The van der Waals surface area contributed by atoms with E-state index in [0.29, 0.717) is 24.4 Å². The molecule has 2 aromatic heterocycles. The van der Waals surface area contributed by atoms with E-state index in [4.69, 9.17) is 9.15 Å². The summed E-state index contributed by atoms with van der Waals surface area (Å²) in [6.07, 6.45) is 2.89. The summed E-state index contributed by atoms with van der Waals surface area (Å²) in [7, 11) is 2.12. The third-order valence-corrected chi connectivity index (χ3v) is 7.21. The summed E-state index contributed by atoms with van der Waals surface area (Å²) in [5, 5.41) is 4.16. The van der Waals surface area contributed by atoms with E-state index in [9.17, 15) is 4.39 Å². The number of halogens is 2. The average molecular weight is 521 g/mol. The molecule has 0 amide bonds. The molecule has 1 fully saturated rings. The maximum atomic E-state index is 15.0. The number of hydrogen-bond acceptors (Lipinski definition) is 8. The number of furan rings is 1. The van der Waals surface area contributed by atoms with E-state index in [2.05, 4.69) is 32.1 Å². The Morgan fingerprint density at radius 3 is 2.58 bits per heavy atom. The van der Waals surface area contributed by atoms with Gasteiger partial charge in [-0.15, -0.1) is 0 Å². The number of rotatable bonds is 5. The number of piperazine rings is 1. The summed E-state index contributed by atoms with van der Waals surface area (Å²) >= 11 is 0. The van der Waals surface area contributed by atoms with Crippen molar-refractivity contribution in [3.8, 4) is 17.0 Å². The largest absolute Gasteiger partial charge is 0.486 e. The molecule has 4 aromatic rings. The van der Waals surface area contributed by atoms with E-state index < -0.39 is 11.6 Å². The molecule has 0 spiro atoms. The van der Waals surface area contributed by atoms with E-state index in [0.717, 1.165) is 54.7 Å². The van der Waals surface area contributed by atoms with Crippen molar-refractivity contribution in [1.82, 2.24) is 14.9 Å². The first kappa shape index (κ1) is 24.4. The van der Waals surface area contributed by atoms with Crippen LogP contribution in [0.25, 0.3) is 22.2 Å². The number of hydrogen-bond donors (Lipinski definition) is 1. The van der Waals surface area contributed by atoms with Crippen LogP contribution >= 0.6 is 0 Å². The Balaban J connectivity index is 1.31. The number of likely N-dealkylation sites (N-methyl/N-ethyl adjacent to an activating group) is 1. The van der Waals surface area contributed by atoms with Crippen LogP contribution in [0.1, 0.15) is 13.8 Å². The zero-order valence-electron chi connectivity index (χ0n) is 21.7. The van der Waals surface area contributed by atoms with Crippen molar-refractivity contribution >= 4 is 34.0 Å². The van der Waals surface area contributed by atoms with E-state index in [1.165, 1.54) is 6.07 Å². The fourth-order valence-electron chi connectivity index (χ4n) is 5.12. The smallest absolute Gasteiger partial charge is 0.227 e. The van der Waals surface area contributed by atoms with Crippen LogP contribution in [0.3, 0.4) is 0 Å². The zero-order chi connectivity index (χ0) is 26.4. The van der Waals surface area contributed by atoms with Gasteiger partial charge < -0.3 is 29.2 Å². The van der Waals surface area contributed by atoms with Gasteiger partial charge >= 0.3 is 0 Å². The Labute approximate surface area is 219 Å². The lowest BCUT2D eigenvalue weighted by atomic mass is 10.1. The fourth-order valence-corrected chi connectivity index (χ4v) is 5.12. The second-order valence-electron chi connectivity index (χ2n) is 10.1. The van der Waals surface area contributed by atoms with Crippen LogP contribution in [0.15, 0.2) is 47.2 Å². The minimum atomic E-state index is -0.634. The lowest BCUT2D eigenvalue weighted by molar-refractivity contribution is 0.287. The highest BCUT2D eigenvalue weighted by Gasteiger charge is 2.26. The lowest BCUT2D eigenvalue weighted by Gasteiger charge is -2.34. The first-order valence-electron chi connectivity index (χ1n) is 12.8. The molecule has 2 aliphatic rings. The number of fused-ring (bicyclic) bond motifs is 2. The Morgan fingerprint density at radius 1 is 0.974 bits per heavy atom. The van der Waals surface area contributed by atoms with Gasteiger partial charge in [-0.3, -0.25) is 0 Å². The first-order valence-corrected chi connectivity index (χ1v) is 12.8. The molecular weight excluding hydrogens is 490 g/mol. The third kappa shape index (κ3) is 4.49. The van der Waals surface area contributed by atoms with Gasteiger partial charge in [-0.1, -0.05) is 0 Å². The molecule has 2 aliphatic heterocycles. The molecule has 38 heavy (non-hydrogen) atoms. The van der Waals surface area contributed by atoms with Crippen molar-refractivity contribution in [2.75, 3.05) is 61.5 Å². The predicted molar refractivity (Wildman–Crippen MR) is 145 cm³/mol. The lowest BCUT2D eigenvalue weighted by Crippen LogP contribution is -2.44. The number of nitrogens with one attached hydrogen (secondary N) is 1. The molecule has 8 nitrogen and oxygen atoms in total. The van der Waals surface area contributed by atoms with Crippen molar-refractivity contribution in [2.45, 2.75) is 19.9 Å². The summed E-state index contributed by atoms with van der Waals surface area (Å²) in [5.74, 6) is -0.783. The molecule has 10 heteroatoms. The number of nitrogens with zero attached hydrogens (tertiary/aromatic N) is 5. The van der Waals surface area contributed by atoms with Gasteiger partial charge in [0.05, 0.1) is 24.1 Å². The topological polar surface area (TPSA) is 69.9 Å². The summed E-state index contributed by atoms with van der Waals surface area (Å²) in [6, 6.07) is 8.86. The molecule has 1 saturated heterocycles. The summed E-state index contributed by atoms with van der Waals surface area (Å²) in [5.41, 5.74) is 3.49. The van der Waals surface area contributed by atoms with Crippen LogP contribution in [0, 0.1) is 11.6 Å². The Hall–Kier alpha value is -3.92. The maximum Gasteiger partial charge on any atom is 0.227 e. The number of anilines is 4. The van der Waals surface area contributed by atoms with Crippen molar-refractivity contribution in [2.24, 2.45) is 0 Å². The Bertz CT molecular complexity index is 1480. The Morgan fingerprint density at radius 2 is 1.79 bits per heavy atom. The monoisotopic (exact) mass is 520 g/mol. The standard InChI is InChI=1S/C28H30F2N6O2/c1-17(2)36-10-11-37-27-21(29)12-18(13-23(27)36)26-22(30)15-31-28(33-26)32-19-4-5-25-20(14-19)24(16-38-25)35-8-6-34(3)7-9-35/h4-5,12-17H,6-11H2,1-3H3,(H,31,32,33). The van der Waals surface area contributed by atoms with E-state index in [-0.39, 0.29) is 23.4 Å². The van der Waals surface area contributed by atoms with E-state index in [1.54, 1.807) is 12.3 Å². The molecular formula is C28H30F2N6O2. The van der Waals surface area contributed by atoms with Gasteiger partial charge in [-0.2, -0.15) is 0 Å². The summed E-state index contributed by atoms with van der Waals surface area (Å²) in [6.45, 7) is 8.89. The molecule has 0 bridgehead atoms. The molecule has 0 aliphatic carbocycles. The molecule has 1 N–H and O–H groups in total. The second-order valence-corrected chi connectivity index (χ2v) is 10.1. The number of benzene rings is 2. The van der Waals surface area contributed by atoms with Crippen molar-refractivity contribution in [3.05, 3.63) is 54.4 Å². The molecule has 0 unspecified atom stereocenters. The van der Waals surface area contributed by atoms with Crippen molar-refractivity contribution in [3.63, 3.8) is 0 Å². The molecule has 198 valence electrons. The van der Waals surface area contributed by atoms with E-state index in [1.807, 2.05) is 36.9 Å². The van der Waals surface area contributed by atoms with Crippen LogP contribution in [-0.2, 0) is 0 Å². The van der Waals surface area contributed by atoms with Crippen LogP contribution in [0.5, 0.6) is 5.75 Å². The summed E-state index contributed by atoms with van der Waals surface area (Å²) < 4.78 is 41.3. The van der Waals surface area contributed by atoms with Crippen LogP contribution in [0.2, 0.25) is 0 Å². The highest BCUT2D eigenvalue weighted by atomic mass is 19.1. The van der Waals surface area contributed by atoms with Gasteiger partial charge in [-0.05, 0) is 51.2 Å². The Kier molecular flexibility index (Phi) is 6.27. The second kappa shape index (κ2) is 9.75. The van der Waals surface area contributed by atoms with Crippen molar-refractivity contribution < 1.29 is 17.9 Å². The minimum Gasteiger partial charge on any atom is -0.486 e. The predicted octanol–water partition coefficient (Wildman–Crippen LogP) is 5.27. The van der Waals surface area contributed by atoms with E-state index >= 15 is 4.39 Å². The molecule has 0 radical (unpaired) electrons. The molecule has 0 saturated carbocycles. The highest BCUT2D eigenvalue weighted by molar-refractivity contribution is 5.93. The third-order valence-electron chi connectivity index (χ3n) is 7.21. The van der Waals surface area contributed by atoms with Gasteiger partial charge in [-0.25, -0.2) is 18.7 Å². The van der Waals surface area contributed by atoms with Gasteiger partial charge in [0.1, 0.15) is 24.1 Å². The minimum absolute atomic E-state index is 0.0148. The molecule has 4 heterocycles. The van der Waals surface area contributed by atoms with Crippen LogP contribution < -0.4 is 19.9 Å².